The molecular weight excluding hydrogens is 313 g/mol. The van der Waals surface area contributed by atoms with Gasteiger partial charge in [0.15, 0.2) is 0 Å². The predicted molar refractivity (Wildman–Crippen MR) is 90.7 cm³/mol. The van der Waals surface area contributed by atoms with E-state index in [4.69, 9.17) is 14.6 Å². The van der Waals surface area contributed by atoms with Gasteiger partial charge in [0.1, 0.15) is 23.3 Å². The van der Waals surface area contributed by atoms with E-state index in [0.29, 0.717) is 18.6 Å². The van der Waals surface area contributed by atoms with E-state index in [2.05, 4.69) is 5.32 Å². The fraction of sp³-hybridized carbons (Fsp3) is 0.611. The van der Waals surface area contributed by atoms with Gasteiger partial charge >= 0.3 is 6.09 Å². The number of benzene rings is 1. The van der Waals surface area contributed by atoms with Crippen molar-refractivity contribution in [2.75, 3.05) is 6.61 Å². The maximum Gasteiger partial charge on any atom is 0.407 e. The summed E-state index contributed by atoms with van der Waals surface area (Å²) in [5.74, 6) is 0.0276. The van der Waals surface area contributed by atoms with E-state index < -0.39 is 17.8 Å². The van der Waals surface area contributed by atoms with E-state index in [0.717, 1.165) is 5.56 Å². The minimum absolute atomic E-state index is 0.104. The molecule has 5 nitrogen and oxygen atoms in total. The molecule has 0 aliphatic heterocycles. The van der Waals surface area contributed by atoms with Crippen molar-refractivity contribution in [3.05, 3.63) is 29.6 Å². The van der Waals surface area contributed by atoms with Gasteiger partial charge in [-0.15, -0.1) is 0 Å². The fourth-order valence-corrected chi connectivity index (χ4v) is 2.05. The van der Waals surface area contributed by atoms with Crippen LogP contribution >= 0.6 is 0 Å². The maximum absolute atomic E-state index is 13.4. The number of aryl methyl sites for hydroxylation is 1. The van der Waals surface area contributed by atoms with Crippen LogP contribution in [0.15, 0.2) is 18.2 Å². The van der Waals surface area contributed by atoms with Crippen molar-refractivity contribution in [3.8, 4) is 5.75 Å². The van der Waals surface area contributed by atoms with Crippen LogP contribution in [0.5, 0.6) is 5.75 Å². The third-order valence-corrected chi connectivity index (χ3v) is 3.22. The lowest BCUT2D eigenvalue weighted by Crippen LogP contribution is -2.37. The number of rotatable bonds is 7. The van der Waals surface area contributed by atoms with Crippen molar-refractivity contribution < 1.29 is 23.8 Å². The Morgan fingerprint density at radius 1 is 1.33 bits per heavy atom. The van der Waals surface area contributed by atoms with Gasteiger partial charge in [-0.2, -0.15) is 0 Å². The van der Waals surface area contributed by atoms with Gasteiger partial charge in [0.2, 0.25) is 0 Å². The van der Waals surface area contributed by atoms with Gasteiger partial charge in [-0.1, -0.05) is 6.07 Å². The Bertz CT molecular complexity index is 542. The number of nitrogens with one attached hydrogen (secondary N) is 1. The maximum atomic E-state index is 13.4. The molecule has 1 amide bonds. The van der Waals surface area contributed by atoms with E-state index in [1.165, 1.54) is 12.1 Å². The second kappa shape index (κ2) is 8.87. The number of carbonyl (C=O) groups is 1. The summed E-state index contributed by atoms with van der Waals surface area (Å²) in [7, 11) is 0. The summed E-state index contributed by atoms with van der Waals surface area (Å²) in [6.45, 7) is 8.86. The van der Waals surface area contributed by atoms with Crippen molar-refractivity contribution in [1.29, 1.82) is 0 Å². The zero-order valence-corrected chi connectivity index (χ0v) is 15.1. The molecular formula is C18H28FNO4. The molecule has 0 saturated carbocycles. The molecule has 0 aromatic heterocycles. The molecule has 2 unspecified atom stereocenters. The molecule has 24 heavy (non-hydrogen) atoms. The molecule has 0 aliphatic carbocycles. The molecule has 6 heteroatoms. The molecule has 1 rings (SSSR count). The number of aliphatic hydroxyl groups is 1. The highest BCUT2D eigenvalue weighted by Gasteiger charge is 2.18. The normalized spacial score (nSPS) is 14.0. The summed E-state index contributed by atoms with van der Waals surface area (Å²) in [4.78, 5) is 11.7. The average molecular weight is 341 g/mol. The topological polar surface area (TPSA) is 67.8 Å². The molecule has 0 saturated heterocycles. The van der Waals surface area contributed by atoms with Crippen molar-refractivity contribution in [2.24, 2.45) is 0 Å². The van der Waals surface area contributed by atoms with Gasteiger partial charge in [0, 0.05) is 12.1 Å². The molecule has 136 valence electrons. The number of aliphatic hydroxyl groups excluding tert-OH is 1. The molecule has 2 atom stereocenters. The van der Waals surface area contributed by atoms with Crippen LogP contribution in [0, 0.1) is 5.82 Å². The zero-order valence-electron chi connectivity index (χ0n) is 15.1. The zero-order chi connectivity index (χ0) is 18.3. The van der Waals surface area contributed by atoms with Gasteiger partial charge < -0.3 is 19.9 Å². The minimum Gasteiger partial charge on any atom is -0.488 e. The van der Waals surface area contributed by atoms with Crippen LogP contribution in [0.2, 0.25) is 0 Å². The van der Waals surface area contributed by atoms with E-state index in [-0.39, 0.29) is 18.5 Å². The van der Waals surface area contributed by atoms with Crippen LogP contribution in [0.4, 0.5) is 9.18 Å². The smallest absolute Gasteiger partial charge is 0.407 e. The Morgan fingerprint density at radius 3 is 2.58 bits per heavy atom. The molecule has 2 N–H and O–H groups in total. The molecule has 0 fully saturated rings. The number of halogens is 1. The third-order valence-electron chi connectivity index (χ3n) is 3.22. The lowest BCUT2D eigenvalue weighted by atomic mass is 10.0. The summed E-state index contributed by atoms with van der Waals surface area (Å²) < 4.78 is 24.2. The molecule has 0 aliphatic rings. The monoisotopic (exact) mass is 341 g/mol. The largest absolute Gasteiger partial charge is 0.488 e. The van der Waals surface area contributed by atoms with Crippen LogP contribution in [-0.4, -0.2) is 35.6 Å². The number of ether oxygens (including phenoxy) is 2. The lowest BCUT2D eigenvalue weighted by Gasteiger charge is -2.22. The van der Waals surface area contributed by atoms with Crippen LogP contribution in [0.1, 0.15) is 46.6 Å². The lowest BCUT2D eigenvalue weighted by molar-refractivity contribution is 0.0506. The SMILES string of the molecule is CC(CCc1ccc(F)cc1OC(C)CO)NC(=O)OC(C)(C)C. The van der Waals surface area contributed by atoms with Crippen molar-refractivity contribution in [2.45, 2.75) is 65.2 Å². The Balaban J connectivity index is 2.61. The summed E-state index contributed by atoms with van der Waals surface area (Å²) in [6.07, 6.45) is 0.377. The average Bonchev–Trinajstić information content (AvgIpc) is 2.44. The number of hydrogen-bond donors (Lipinski definition) is 2. The van der Waals surface area contributed by atoms with Gasteiger partial charge in [-0.05, 0) is 59.1 Å². The summed E-state index contributed by atoms with van der Waals surface area (Å²) >= 11 is 0. The van der Waals surface area contributed by atoms with Gasteiger partial charge in [0.05, 0.1) is 6.61 Å². The summed E-state index contributed by atoms with van der Waals surface area (Å²) in [5, 5.41) is 11.9. The highest BCUT2D eigenvalue weighted by Crippen LogP contribution is 2.23. The third kappa shape index (κ3) is 7.64. The number of alkyl carbamates (subject to hydrolysis) is 1. The van der Waals surface area contributed by atoms with Crippen LogP contribution in [0.25, 0.3) is 0 Å². The quantitative estimate of drug-likeness (QED) is 0.797. The summed E-state index contributed by atoms with van der Waals surface area (Å²) in [5.41, 5.74) is 0.289. The molecule has 0 heterocycles. The van der Waals surface area contributed by atoms with Crippen LogP contribution < -0.4 is 10.1 Å². The molecule has 0 spiro atoms. The molecule has 1 aromatic carbocycles. The second-order valence-corrected chi connectivity index (χ2v) is 6.95. The summed E-state index contributed by atoms with van der Waals surface area (Å²) in [6, 6.07) is 4.24. The standard InChI is InChI=1S/C18H28FNO4/c1-12(20-17(22)24-18(3,4)5)6-7-14-8-9-15(19)10-16(14)23-13(2)11-21/h8-10,12-13,21H,6-7,11H2,1-5H3,(H,20,22). The predicted octanol–water partition coefficient (Wildman–Crippen LogP) is 3.43. The van der Waals surface area contributed by atoms with Crippen molar-refractivity contribution in [1.82, 2.24) is 5.32 Å². The first kappa shape index (κ1) is 20.2. The Hall–Kier alpha value is -1.82. The Labute approximate surface area is 143 Å². The van der Waals surface area contributed by atoms with Crippen molar-refractivity contribution in [3.63, 3.8) is 0 Å². The minimum atomic E-state index is -0.539. The Morgan fingerprint density at radius 2 is 2.00 bits per heavy atom. The van der Waals surface area contributed by atoms with E-state index in [9.17, 15) is 9.18 Å². The number of carbonyl (C=O) groups excluding carboxylic acids is 1. The Kier molecular flexibility index (Phi) is 7.48. The van der Waals surface area contributed by atoms with E-state index in [1.807, 2.05) is 27.7 Å². The van der Waals surface area contributed by atoms with Crippen LogP contribution in [0.3, 0.4) is 0 Å². The van der Waals surface area contributed by atoms with Gasteiger partial charge in [-0.25, -0.2) is 9.18 Å². The van der Waals surface area contributed by atoms with Gasteiger partial charge in [0.25, 0.3) is 0 Å². The molecule has 1 aromatic rings. The first-order chi connectivity index (χ1) is 11.1. The number of amides is 1. The van der Waals surface area contributed by atoms with E-state index in [1.54, 1.807) is 13.0 Å². The first-order valence-electron chi connectivity index (χ1n) is 8.16. The highest BCUT2D eigenvalue weighted by molar-refractivity contribution is 5.68. The molecule has 0 radical (unpaired) electrons. The first-order valence-corrected chi connectivity index (χ1v) is 8.16. The van der Waals surface area contributed by atoms with Crippen molar-refractivity contribution >= 4 is 6.09 Å². The van der Waals surface area contributed by atoms with Gasteiger partial charge in [-0.3, -0.25) is 0 Å². The van der Waals surface area contributed by atoms with E-state index >= 15 is 0 Å². The van der Waals surface area contributed by atoms with Crippen LogP contribution in [-0.2, 0) is 11.2 Å². The number of hydrogen-bond acceptors (Lipinski definition) is 4. The fourth-order valence-electron chi connectivity index (χ4n) is 2.05. The highest BCUT2D eigenvalue weighted by atomic mass is 19.1. The second-order valence-electron chi connectivity index (χ2n) is 6.95. The molecule has 0 bridgehead atoms.